The third-order valence-electron chi connectivity index (χ3n) is 3.59. The van der Waals surface area contributed by atoms with Gasteiger partial charge in [-0.3, -0.25) is 4.79 Å². The van der Waals surface area contributed by atoms with Crippen LogP contribution in [-0.2, 0) is 0 Å². The topological polar surface area (TPSA) is 98.3 Å². The highest BCUT2D eigenvalue weighted by Crippen LogP contribution is 2.29. The molecule has 0 aliphatic rings. The summed E-state index contributed by atoms with van der Waals surface area (Å²) in [7, 11) is 3.09. The van der Waals surface area contributed by atoms with Crippen LogP contribution in [0.5, 0.6) is 11.5 Å². The second kappa shape index (κ2) is 8.00. The molecule has 1 aromatic carbocycles. The van der Waals surface area contributed by atoms with Crippen molar-refractivity contribution in [3.8, 4) is 11.5 Å². The number of amides is 1. The predicted octanol–water partition coefficient (Wildman–Crippen LogP) is 3.56. The predicted molar refractivity (Wildman–Crippen MR) is 104 cm³/mol. The van der Waals surface area contributed by atoms with Gasteiger partial charge in [0, 0.05) is 22.8 Å². The molecule has 1 amide bonds. The summed E-state index contributed by atoms with van der Waals surface area (Å²) in [5.41, 5.74) is 2.52. The van der Waals surface area contributed by atoms with Gasteiger partial charge in [-0.25, -0.2) is 15.0 Å². The van der Waals surface area contributed by atoms with Crippen molar-refractivity contribution in [3.05, 3.63) is 46.7 Å². The van der Waals surface area contributed by atoms with E-state index in [0.29, 0.717) is 28.3 Å². The number of benzene rings is 1. The lowest BCUT2D eigenvalue weighted by atomic mass is 10.2. The fourth-order valence-corrected chi connectivity index (χ4v) is 3.09. The second-order valence-corrected chi connectivity index (χ2v) is 6.52. The van der Waals surface area contributed by atoms with E-state index in [-0.39, 0.29) is 11.6 Å². The molecule has 0 saturated heterocycles. The second-order valence-electron chi connectivity index (χ2n) is 5.66. The van der Waals surface area contributed by atoms with Crippen LogP contribution in [0.3, 0.4) is 0 Å². The number of hydrogen-bond acceptors (Lipinski definition) is 8. The summed E-state index contributed by atoms with van der Waals surface area (Å²) in [5, 5.41) is 8.01. The van der Waals surface area contributed by atoms with E-state index in [9.17, 15) is 4.79 Å². The largest absolute Gasteiger partial charge is 0.497 e. The number of rotatable bonds is 6. The summed E-state index contributed by atoms with van der Waals surface area (Å²) in [6.07, 6.45) is 0. The number of ether oxygens (including phenoxy) is 2. The zero-order valence-corrected chi connectivity index (χ0v) is 16.2. The monoisotopic (exact) mass is 385 g/mol. The molecule has 0 spiro atoms. The lowest BCUT2D eigenvalue weighted by Crippen LogP contribution is -2.13. The van der Waals surface area contributed by atoms with Crippen LogP contribution in [0.2, 0.25) is 0 Å². The normalized spacial score (nSPS) is 10.4. The number of thiazole rings is 1. The van der Waals surface area contributed by atoms with Crippen molar-refractivity contribution in [3.63, 3.8) is 0 Å². The molecular formula is C18H19N5O3S. The van der Waals surface area contributed by atoms with E-state index < -0.39 is 0 Å². The van der Waals surface area contributed by atoms with Crippen LogP contribution in [0.15, 0.2) is 29.6 Å². The van der Waals surface area contributed by atoms with Crippen molar-refractivity contribution >= 4 is 34.0 Å². The van der Waals surface area contributed by atoms with Gasteiger partial charge in [-0.05, 0) is 32.0 Å². The SMILES string of the molecule is COc1ccc(NC(=O)c2csc(Nc3nc(C)cc(C)n3)n2)c(OC)c1. The molecule has 2 heterocycles. The Balaban J connectivity index is 1.73. The lowest BCUT2D eigenvalue weighted by Gasteiger charge is -2.10. The molecule has 140 valence electrons. The smallest absolute Gasteiger partial charge is 0.275 e. The molecule has 2 N–H and O–H groups in total. The first-order valence-corrected chi connectivity index (χ1v) is 8.94. The molecule has 27 heavy (non-hydrogen) atoms. The first-order chi connectivity index (χ1) is 13.0. The molecule has 0 aliphatic carbocycles. The fraction of sp³-hybridized carbons (Fsp3) is 0.222. The number of carbonyl (C=O) groups excluding carboxylic acids is 1. The van der Waals surface area contributed by atoms with E-state index >= 15 is 0 Å². The highest BCUT2D eigenvalue weighted by molar-refractivity contribution is 7.14. The molecule has 0 unspecified atom stereocenters. The van der Waals surface area contributed by atoms with Gasteiger partial charge in [0.05, 0.1) is 19.9 Å². The number of carbonyl (C=O) groups is 1. The summed E-state index contributed by atoms with van der Waals surface area (Å²) < 4.78 is 10.4. The van der Waals surface area contributed by atoms with E-state index in [1.807, 2.05) is 19.9 Å². The van der Waals surface area contributed by atoms with Gasteiger partial charge >= 0.3 is 0 Å². The third-order valence-corrected chi connectivity index (χ3v) is 4.35. The van der Waals surface area contributed by atoms with Crippen LogP contribution in [0.1, 0.15) is 21.9 Å². The average molecular weight is 385 g/mol. The molecule has 9 heteroatoms. The Morgan fingerprint density at radius 2 is 1.78 bits per heavy atom. The van der Waals surface area contributed by atoms with Gasteiger partial charge in [0.25, 0.3) is 5.91 Å². The molecule has 0 atom stereocenters. The molecule has 0 saturated carbocycles. The number of hydrogen-bond donors (Lipinski definition) is 2. The average Bonchev–Trinajstić information content (AvgIpc) is 3.09. The van der Waals surface area contributed by atoms with Gasteiger partial charge in [0.1, 0.15) is 17.2 Å². The highest BCUT2D eigenvalue weighted by atomic mass is 32.1. The first-order valence-electron chi connectivity index (χ1n) is 8.06. The van der Waals surface area contributed by atoms with Crippen LogP contribution in [0.25, 0.3) is 0 Å². The van der Waals surface area contributed by atoms with Crippen molar-refractivity contribution in [2.75, 3.05) is 24.9 Å². The van der Waals surface area contributed by atoms with Gasteiger partial charge in [0.15, 0.2) is 5.13 Å². The van der Waals surface area contributed by atoms with Gasteiger partial charge in [0.2, 0.25) is 5.95 Å². The molecular weight excluding hydrogens is 366 g/mol. The van der Waals surface area contributed by atoms with E-state index in [1.54, 1.807) is 30.7 Å². The minimum Gasteiger partial charge on any atom is -0.497 e. The van der Waals surface area contributed by atoms with E-state index in [2.05, 4.69) is 25.6 Å². The quantitative estimate of drug-likeness (QED) is 0.669. The minimum absolute atomic E-state index is 0.282. The number of methoxy groups -OCH3 is 2. The number of anilines is 3. The molecule has 8 nitrogen and oxygen atoms in total. The number of aromatic nitrogens is 3. The summed E-state index contributed by atoms with van der Waals surface area (Å²) in [6.45, 7) is 3.78. The van der Waals surface area contributed by atoms with E-state index in [0.717, 1.165) is 11.4 Å². The van der Waals surface area contributed by atoms with Crippen molar-refractivity contribution in [2.24, 2.45) is 0 Å². The number of nitrogens with zero attached hydrogens (tertiary/aromatic N) is 3. The molecule has 2 aromatic heterocycles. The summed E-state index contributed by atoms with van der Waals surface area (Å²) in [4.78, 5) is 25.4. The number of nitrogens with one attached hydrogen (secondary N) is 2. The van der Waals surface area contributed by atoms with Gasteiger partial charge < -0.3 is 20.1 Å². The maximum Gasteiger partial charge on any atom is 0.275 e. The van der Waals surface area contributed by atoms with Crippen LogP contribution in [0, 0.1) is 13.8 Å². The van der Waals surface area contributed by atoms with Crippen LogP contribution < -0.4 is 20.1 Å². The van der Waals surface area contributed by atoms with Crippen LogP contribution in [-0.4, -0.2) is 35.1 Å². The Morgan fingerprint density at radius 3 is 2.44 bits per heavy atom. The third kappa shape index (κ3) is 4.50. The van der Waals surface area contributed by atoms with Gasteiger partial charge in [-0.15, -0.1) is 11.3 Å². The van der Waals surface area contributed by atoms with Crippen molar-refractivity contribution < 1.29 is 14.3 Å². The van der Waals surface area contributed by atoms with Gasteiger partial charge in [-0.1, -0.05) is 0 Å². The van der Waals surface area contributed by atoms with E-state index in [4.69, 9.17) is 9.47 Å². The maximum atomic E-state index is 12.5. The molecule has 0 bridgehead atoms. The van der Waals surface area contributed by atoms with Crippen LogP contribution in [0.4, 0.5) is 16.8 Å². The minimum atomic E-state index is -0.343. The Morgan fingerprint density at radius 1 is 1.04 bits per heavy atom. The Bertz CT molecular complexity index is 953. The Hall–Kier alpha value is -3.20. The molecule has 0 aliphatic heterocycles. The zero-order valence-electron chi connectivity index (χ0n) is 15.4. The Labute approximate surface area is 160 Å². The first kappa shape index (κ1) is 18.6. The van der Waals surface area contributed by atoms with Crippen LogP contribution >= 0.6 is 11.3 Å². The molecule has 3 aromatic rings. The zero-order chi connectivity index (χ0) is 19.4. The van der Waals surface area contributed by atoms with Crippen molar-refractivity contribution in [2.45, 2.75) is 13.8 Å². The molecule has 3 rings (SSSR count). The fourth-order valence-electron chi connectivity index (χ4n) is 2.40. The maximum absolute atomic E-state index is 12.5. The highest BCUT2D eigenvalue weighted by Gasteiger charge is 2.14. The van der Waals surface area contributed by atoms with Crippen molar-refractivity contribution in [1.82, 2.24) is 15.0 Å². The van der Waals surface area contributed by atoms with Gasteiger partial charge in [-0.2, -0.15) is 0 Å². The summed E-state index contributed by atoms with van der Waals surface area (Å²) in [6, 6.07) is 7.03. The Kier molecular flexibility index (Phi) is 5.51. The van der Waals surface area contributed by atoms with Crippen molar-refractivity contribution in [1.29, 1.82) is 0 Å². The lowest BCUT2D eigenvalue weighted by molar-refractivity contribution is 0.102. The standard InChI is InChI=1S/C18H19N5O3S/c1-10-7-11(2)20-17(19-10)23-18-22-14(9-27-18)16(24)21-13-6-5-12(25-3)8-15(13)26-4/h5-9H,1-4H3,(H,21,24)(H,19,20,22,23). The summed E-state index contributed by atoms with van der Waals surface area (Å²) in [5.74, 6) is 1.24. The molecule has 0 radical (unpaired) electrons. The summed E-state index contributed by atoms with van der Waals surface area (Å²) >= 11 is 1.30. The number of aryl methyl sites for hydroxylation is 2. The molecule has 0 fully saturated rings. The van der Waals surface area contributed by atoms with E-state index in [1.165, 1.54) is 18.4 Å².